The second-order valence-electron chi connectivity index (χ2n) is 3.65. The minimum absolute atomic E-state index is 0.0801. The zero-order chi connectivity index (χ0) is 9.56. The third kappa shape index (κ3) is 3.73. The number of nitrogens with zero attached hydrogens (tertiary/aromatic N) is 2. The number of hydrogen-bond acceptors (Lipinski definition) is 2. The molecule has 0 aliphatic rings. The summed E-state index contributed by atoms with van der Waals surface area (Å²) >= 11 is 0. The summed E-state index contributed by atoms with van der Waals surface area (Å²) in [5, 5.41) is 8.87. The molecule has 0 aromatic rings. The summed E-state index contributed by atoms with van der Waals surface area (Å²) in [7, 11) is 2.03. The van der Waals surface area contributed by atoms with E-state index in [0.717, 1.165) is 6.54 Å². The highest BCUT2D eigenvalue weighted by Crippen LogP contribution is 2.08. The summed E-state index contributed by atoms with van der Waals surface area (Å²) in [4.78, 5) is 2.15. The lowest BCUT2D eigenvalue weighted by Crippen LogP contribution is -2.35. The highest BCUT2D eigenvalue weighted by atomic mass is 15.1. The highest BCUT2D eigenvalue weighted by Gasteiger charge is 2.16. The first-order valence-corrected chi connectivity index (χ1v) is 4.73. The highest BCUT2D eigenvalue weighted by molar-refractivity contribution is 4.92. The molecule has 0 aliphatic heterocycles. The van der Waals surface area contributed by atoms with Crippen molar-refractivity contribution in [2.45, 2.75) is 39.7 Å². The SMILES string of the molecule is CCCCN(C)C(C#N)C(C)C. The van der Waals surface area contributed by atoms with Gasteiger partial charge in [0.1, 0.15) is 0 Å². The Kier molecular flexibility index (Phi) is 5.74. The maximum absolute atomic E-state index is 8.87. The van der Waals surface area contributed by atoms with Crippen molar-refractivity contribution in [1.82, 2.24) is 4.90 Å². The van der Waals surface area contributed by atoms with E-state index in [0.29, 0.717) is 5.92 Å². The molecule has 0 rings (SSSR count). The first-order valence-electron chi connectivity index (χ1n) is 4.73. The first kappa shape index (κ1) is 11.4. The van der Waals surface area contributed by atoms with Gasteiger partial charge >= 0.3 is 0 Å². The van der Waals surface area contributed by atoms with Crippen molar-refractivity contribution in [3.05, 3.63) is 0 Å². The van der Waals surface area contributed by atoms with Gasteiger partial charge in [0.2, 0.25) is 0 Å². The zero-order valence-corrected chi connectivity index (χ0v) is 8.67. The minimum Gasteiger partial charge on any atom is -0.291 e. The van der Waals surface area contributed by atoms with Gasteiger partial charge in [-0.05, 0) is 25.9 Å². The normalized spacial score (nSPS) is 13.4. The quantitative estimate of drug-likeness (QED) is 0.629. The van der Waals surface area contributed by atoms with Crippen LogP contribution in [-0.4, -0.2) is 24.5 Å². The molecule has 12 heavy (non-hydrogen) atoms. The Morgan fingerprint density at radius 1 is 1.42 bits per heavy atom. The molecule has 0 aromatic heterocycles. The van der Waals surface area contributed by atoms with Gasteiger partial charge in [0, 0.05) is 0 Å². The number of unbranched alkanes of at least 4 members (excludes halogenated alkanes) is 1. The van der Waals surface area contributed by atoms with Gasteiger partial charge < -0.3 is 0 Å². The predicted octanol–water partition coefficient (Wildman–Crippen LogP) is 2.27. The molecule has 70 valence electrons. The van der Waals surface area contributed by atoms with E-state index in [1.807, 2.05) is 7.05 Å². The lowest BCUT2D eigenvalue weighted by molar-refractivity contribution is 0.235. The molecule has 1 atom stereocenters. The monoisotopic (exact) mass is 168 g/mol. The molecular formula is C10H20N2. The van der Waals surface area contributed by atoms with Gasteiger partial charge in [-0.2, -0.15) is 5.26 Å². The molecule has 0 aromatic carbocycles. The van der Waals surface area contributed by atoms with Crippen molar-refractivity contribution in [2.75, 3.05) is 13.6 Å². The molecule has 0 amide bonds. The van der Waals surface area contributed by atoms with Gasteiger partial charge in [0.15, 0.2) is 0 Å². The number of rotatable bonds is 5. The van der Waals surface area contributed by atoms with Crippen molar-refractivity contribution in [3.63, 3.8) is 0 Å². The molecule has 0 radical (unpaired) electrons. The van der Waals surface area contributed by atoms with Crippen molar-refractivity contribution in [2.24, 2.45) is 5.92 Å². The van der Waals surface area contributed by atoms with Gasteiger partial charge in [-0.15, -0.1) is 0 Å². The van der Waals surface area contributed by atoms with E-state index < -0.39 is 0 Å². The van der Waals surface area contributed by atoms with Crippen molar-refractivity contribution in [1.29, 1.82) is 5.26 Å². The van der Waals surface area contributed by atoms with E-state index in [1.54, 1.807) is 0 Å². The van der Waals surface area contributed by atoms with Crippen LogP contribution in [0.15, 0.2) is 0 Å². The summed E-state index contributed by atoms with van der Waals surface area (Å²) in [6.45, 7) is 7.39. The van der Waals surface area contributed by atoms with Crippen molar-refractivity contribution >= 4 is 0 Å². The average Bonchev–Trinajstić information content (AvgIpc) is 2.01. The summed E-state index contributed by atoms with van der Waals surface area (Å²) < 4.78 is 0. The first-order chi connectivity index (χ1) is 5.63. The van der Waals surface area contributed by atoms with Crippen LogP contribution in [0.2, 0.25) is 0 Å². The zero-order valence-electron chi connectivity index (χ0n) is 8.67. The van der Waals surface area contributed by atoms with Crippen LogP contribution >= 0.6 is 0 Å². The van der Waals surface area contributed by atoms with E-state index in [9.17, 15) is 0 Å². The van der Waals surface area contributed by atoms with Gasteiger partial charge in [-0.1, -0.05) is 27.2 Å². The summed E-state index contributed by atoms with van der Waals surface area (Å²) in [6, 6.07) is 2.42. The molecule has 0 saturated carbocycles. The van der Waals surface area contributed by atoms with E-state index in [2.05, 4.69) is 31.7 Å². The summed E-state index contributed by atoms with van der Waals surface area (Å²) in [6.07, 6.45) is 2.38. The Labute approximate surface area is 76.2 Å². The fourth-order valence-electron chi connectivity index (χ4n) is 1.30. The molecule has 2 nitrogen and oxygen atoms in total. The molecule has 0 heterocycles. The fourth-order valence-corrected chi connectivity index (χ4v) is 1.30. The molecular weight excluding hydrogens is 148 g/mol. The maximum atomic E-state index is 8.87. The molecule has 0 saturated heterocycles. The molecule has 0 N–H and O–H groups in total. The Morgan fingerprint density at radius 2 is 2.00 bits per heavy atom. The average molecular weight is 168 g/mol. The van der Waals surface area contributed by atoms with E-state index in [4.69, 9.17) is 5.26 Å². The third-order valence-electron chi connectivity index (χ3n) is 2.10. The molecule has 0 bridgehead atoms. The maximum Gasteiger partial charge on any atom is 0.0998 e. The van der Waals surface area contributed by atoms with Crippen LogP contribution in [0.4, 0.5) is 0 Å². The largest absolute Gasteiger partial charge is 0.291 e. The molecule has 0 fully saturated rings. The lowest BCUT2D eigenvalue weighted by atomic mass is 10.0. The predicted molar refractivity (Wildman–Crippen MR) is 51.8 cm³/mol. The van der Waals surface area contributed by atoms with Gasteiger partial charge in [-0.25, -0.2) is 0 Å². The topological polar surface area (TPSA) is 27.0 Å². The van der Waals surface area contributed by atoms with Crippen LogP contribution in [-0.2, 0) is 0 Å². The third-order valence-corrected chi connectivity index (χ3v) is 2.10. The Morgan fingerprint density at radius 3 is 2.33 bits per heavy atom. The number of hydrogen-bond donors (Lipinski definition) is 0. The Balaban J connectivity index is 3.88. The smallest absolute Gasteiger partial charge is 0.0998 e. The van der Waals surface area contributed by atoms with Crippen molar-refractivity contribution in [3.8, 4) is 6.07 Å². The lowest BCUT2D eigenvalue weighted by Gasteiger charge is -2.24. The minimum atomic E-state index is 0.0801. The Hall–Kier alpha value is -0.550. The van der Waals surface area contributed by atoms with Gasteiger partial charge in [-0.3, -0.25) is 4.90 Å². The van der Waals surface area contributed by atoms with Gasteiger partial charge in [0.05, 0.1) is 12.1 Å². The number of nitriles is 1. The van der Waals surface area contributed by atoms with E-state index >= 15 is 0 Å². The molecule has 0 aliphatic carbocycles. The van der Waals surface area contributed by atoms with E-state index in [1.165, 1.54) is 12.8 Å². The second kappa shape index (κ2) is 6.02. The molecule has 0 spiro atoms. The molecule has 1 unspecified atom stereocenters. The Bertz CT molecular complexity index is 146. The van der Waals surface area contributed by atoms with Crippen LogP contribution in [0.5, 0.6) is 0 Å². The standard InChI is InChI=1S/C10H20N2/c1-5-6-7-12(4)10(8-11)9(2)3/h9-10H,5-7H2,1-4H3. The van der Waals surface area contributed by atoms with Crippen LogP contribution in [0.1, 0.15) is 33.6 Å². The van der Waals surface area contributed by atoms with Crippen LogP contribution in [0.25, 0.3) is 0 Å². The van der Waals surface area contributed by atoms with Crippen LogP contribution in [0.3, 0.4) is 0 Å². The van der Waals surface area contributed by atoms with E-state index in [-0.39, 0.29) is 6.04 Å². The summed E-state index contributed by atoms with van der Waals surface area (Å²) in [5.74, 6) is 0.428. The van der Waals surface area contributed by atoms with Crippen molar-refractivity contribution < 1.29 is 0 Å². The second-order valence-corrected chi connectivity index (χ2v) is 3.65. The fraction of sp³-hybridized carbons (Fsp3) is 0.900. The van der Waals surface area contributed by atoms with Crippen LogP contribution in [0, 0.1) is 17.2 Å². The summed E-state index contributed by atoms with van der Waals surface area (Å²) in [5.41, 5.74) is 0. The molecule has 2 heteroatoms. The van der Waals surface area contributed by atoms with Crippen LogP contribution < -0.4 is 0 Å². The van der Waals surface area contributed by atoms with Gasteiger partial charge in [0.25, 0.3) is 0 Å².